The third-order valence-corrected chi connectivity index (χ3v) is 1.30. The van der Waals surface area contributed by atoms with Crippen molar-refractivity contribution < 1.29 is 0 Å². The summed E-state index contributed by atoms with van der Waals surface area (Å²) in [6.45, 7) is 1.99. The molecule has 0 atom stereocenters. The highest BCUT2D eigenvalue weighted by atomic mass is 15.6. The minimum absolute atomic E-state index is 0.819. The number of nitrogens with zero attached hydrogens (tertiary/aromatic N) is 1. The zero-order valence-electron chi connectivity index (χ0n) is 5.91. The van der Waals surface area contributed by atoms with Gasteiger partial charge in [-0.3, -0.25) is 0 Å². The molecule has 0 heterocycles. The predicted molar refractivity (Wildman–Crippen MR) is 42.0 cm³/mol. The third kappa shape index (κ3) is 1.46. The molecule has 54 valence electrons. The summed E-state index contributed by atoms with van der Waals surface area (Å²) in [4.78, 5) is 0. The Balaban J connectivity index is 2.96. The molecule has 0 aliphatic heterocycles. The molecule has 0 bridgehead atoms. The molecule has 4 N–H and O–H groups in total. The quantitative estimate of drug-likeness (QED) is 0.439. The van der Waals surface area contributed by atoms with Crippen LogP contribution in [0.4, 0.5) is 5.69 Å². The van der Waals surface area contributed by atoms with Crippen LogP contribution in [0.2, 0.25) is 0 Å². The van der Waals surface area contributed by atoms with Crippen LogP contribution in [0.3, 0.4) is 0 Å². The van der Waals surface area contributed by atoms with Gasteiger partial charge < -0.3 is 0 Å². The summed E-state index contributed by atoms with van der Waals surface area (Å²) < 4.78 is 0. The predicted octanol–water partition coefficient (Wildman–Crippen LogP) is 0.549. The van der Waals surface area contributed by atoms with Crippen LogP contribution in [-0.2, 0) is 0 Å². The van der Waals surface area contributed by atoms with Gasteiger partial charge in [-0.25, -0.2) is 16.8 Å². The van der Waals surface area contributed by atoms with Crippen molar-refractivity contribution >= 4 is 5.69 Å². The van der Waals surface area contributed by atoms with E-state index >= 15 is 0 Å². The summed E-state index contributed by atoms with van der Waals surface area (Å²) in [6.07, 6.45) is 0. The van der Waals surface area contributed by atoms with Crippen LogP contribution in [0, 0.1) is 6.92 Å². The Kier molecular flexibility index (Phi) is 1.89. The number of aryl methyl sites for hydroxylation is 1. The van der Waals surface area contributed by atoms with E-state index in [-0.39, 0.29) is 0 Å². The van der Waals surface area contributed by atoms with Crippen LogP contribution in [0.15, 0.2) is 24.3 Å². The molecule has 1 aromatic rings. The van der Waals surface area contributed by atoms with Crippen LogP contribution < -0.4 is 16.8 Å². The number of benzene rings is 1. The van der Waals surface area contributed by atoms with Gasteiger partial charge in [-0.05, 0) is 24.6 Å². The summed E-state index contributed by atoms with van der Waals surface area (Å²) in [7, 11) is 0. The van der Waals surface area contributed by atoms with Crippen LogP contribution in [-0.4, -0.2) is 0 Å². The van der Waals surface area contributed by atoms with Crippen LogP contribution in [0.5, 0.6) is 0 Å². The lowest BCUT2D eigenvalue weighted by molar-refractivity contribution is 0.924. The van der Waals surface area contributed by atoms with Gasteiger partial charge in [-0.2, -0.15) is 0 Å². The summed E-state index contributed by atoms with van der Waals surface area (Å²) in [5.74, 6) is 10.6. The minimum atomic E-state index is 0.819. The maximum absolute atomic E-state index is 5.29. The SMILES string of the molecule is Cc1cccc(N(N)N)c1. The van der Waals surface area contributed by atoms with E-state index in [4.69, 9.17) is 11.7 Å². The van der Waals surface area contributed by atoms with Crippen molar-refractivity contribution in [2.45, 2.75) is 6.92 Å². The van der Waals surface area contributed by atoms with E-state index < -0.39 is 0 Å². The molecule has 0 spiro atoms. The maximum Gasteiger partial charge on any atom is 0.0699 e. The normalized spacial score (nSPS) is 9.50. The largest absolute Gasteiger partial charge is 0.247 e. The second-order valence-electron chi connectivity index (χ2n) is 2.25. The number of hydrogen-bond acceptors (Lipinski definition) is 3. The second-order valence-corrected chi connectivity index (χ2v) is 2.25. The van der Waals surface area contributed by atoms with E-state index in [1.165, 1.54) is 0 Å². The van der Waals surface area contributed by atoms with Crippen molar-refractivity contribution in [3.05, 3.63) is 29.8 Å². The molecule has 1 aromatic carbocycles. The van der Waals surface area contributed by atoms with Crippen molar-refractivity contribution in [1.82, 2.24) is 0 Å². The summed E-state index contributed by atoms with van der Waals surface area (Å²) in [5, 5.41) is 1.10. The lowest BCUT2D eigenvalue weighted by atomic mass is 10.2. The van der Waals surface area contributed by atoms with Gasteiger partial charge in [0.1, 0.15) is 0 Å². The molecule has 0 aromatic heterocycles. The van der Waals surface area contributed by atoms with Gasteiger partial charge in [-0.15, -0.1) is 0 Å². The fraction of sp³-hybridized carbons (Fsp3) is 0.143. The highest BCUT2D eigenvalue weighted by molar-refractivity contribution is 5.45. The van der Waals surface area contributed by atoms with E-state index in [1.807, 2.05) is 31.2 Å². The Labute approximate surface area is 60.2 Å². The monoisotopic (exact) mass is 137 g/mol. The first kappa shape index (κ1) is 7.05. The van der Waals surface area contributed by atoms with Gasteiger partial charge in [0.25, 0.3) is 0 Å². The Morgan fingerprint density at radius 2 is 2.00 bits per heavy atom. The number of hydrazine groups is 2. The summed E-state index contributed by atoms with van der Waals surface area (Å²) in [6, 6.07) is 7.68. The molecule has 0 saturated carbocycles. The van der Waals surface area contributed by atoms with Crippen LogP contribution in [0.1, 0.15) is 5.56 Å². The van der Waals surface area contributed by atoms with Gasteiger partial charge in [-0.1, -0.05) is 12.1 Å². The Bertz CT molecular complexity index is 220. The molecule has 10 heavy (non-hydrogen) atoms. The Hall–Kier alpha value is -1.06. The molecule has 0 fully saturated rings. The topological polar surface area (TPSA) is 55.3 Å². The van der Waals surface area contributed by atoms with Crippen molar-refractivity contribution in [2.75, 3.05) is 5.12 Å². The van der Waals surface area contributed by atoms with E-state index in [1.54, 1.807) is 0 Å². The minimum Gasteiger partial charge on any atom is -0.247 e. The molecule has 0 saturated heterocycles. The molecule has 0 radical (unpaired) electrons. The maximum atomic E-state index is 5.29. The molecule has 0 amide bonds. The first-order valence-corrected chi connectivity index (χ1v) is 3.06. The van der Waals surface area contributed by atoms with Gasteiger partial charge in [0.2, 0.25) is 0 Å². The smallest absolute Gasteiger partial charge is 0.0699 e. The molecule has 1 rings (SSSR count). The first-order chi connectivity index (χ1) is 4.70. The van der Waals surface area contributed by atoms with Crippen molar-refractivity contribution in [3.8, 4) is 0 Å². The van der Waals surface area contributed by atoms with Crippen molar-refractivity contribution in [3.63, 3.8) is 0 Å². The van der Waals surface area contributed by atoms with E-state index in [9.17, 15) is 0 Å². The Morgan fingerprint density at radius 3 is 2.40 bits per heavy atom. The average molecular weight is 137 g/mol. The lowest BCUT2D eigenvalue weighted by Crippen LogP contribution is -2.37. The van der Waals surface area contributed by atoms with E-state index in [2.05, 4.69) is 0 Å². The summed E-state index contributed by atoms with van der Waals surface area (Å²) >= 11 is 0. The standard InChI is InChI=1S/C7H11N3/c1-6-3-2-4-7(5-6)10(8)9/h2-5H,8-9H2,1H3. The van der Waals surface area contributed by atoms with Crippen LogP contribution >= 0.6 is 0 Å². The second kappa shape index (κ2) is 2.68. The molecular formula is C7H11N3. The number of rotatable bonds is 1. The summed E-state index contributed by atoms with van der Waals surface area (Å²) in [5.41, 5.74) is 1.97. The van der Waals surface area contributed by atoms with Gasteiger partial charge in [0.15, 0.2) is 0 Å². The molecule has 0 aliphatic carbocycles. The van der Waals surface area contributed by atoms with E-state index in [0.29, 0.717) is 0 Å². The zero-order chi connectivity index (χ0) is 7.56. The highest BCUT2D eigenvalue weighted by Gasteiger charge is 1.92. The number of anilines is 1. The van der Waals surface area contributed by atoms with Crippen molar-refractivity contribution in [1.29, 1.82) is 0 Å². The molecule has 0 aliphatic rings. The zero-order valence-corrected chi connectivity index (χ0v) is 5.91. The van der Waals surface area contributed by atoms with Gasteiger partial charge >= 0.3 is 0 Å². The molecule has 3 nitrogen and oxygen atoms in total. The van der Waals surface area contributed by atoms with Crippen LogP contribution in [0.25, 0.3) is 0 Å². The molecule has 0 unspecified atom stereocenters. The highest BCUT2D eigenvalue weighted by Crippen LogP contribution is 2.09. The lowest BCUT2D eigenvalue weighted by Gasteiger charge is -2.10. The Morgan fingerprint density at radius 1 is 1.30 bits per heavy atom. The fourth-order valence-electron chi connectivity index (χ4n) is 0.789. The van der Waals surface area contributed by atoms with E-state index in [0.717, 1.165) is 16.4 Å². The average Bonchev–Trinajstić information content (AvgIpc) is 1.88. The van der Waals surface area contributed by atoms with Crippen molar-refractivity contribution in [2.24, 2.45) is 11.7 Å². The molecular weight excluding hydrogens is 126 g/mol. The third-order valence-electron chi connectivity index (χ3n) is 1.30. The number of hydrogen-bond donors (Lipinski definition) is 2. The molecule has 3 heteroatoms. The van der Waals surface area contributed by atoms with Gasteiger partial charge in [0.05, 0.1) is 5.69 Å². The van der Waals surface area contributed by atoms with Gasteiger partial charge in [0, 0.05) is 0 Å². The number of nitrogens with two attached hydrogens (primary N) is 2. The first-order valence-electron chi connectivity index (χ1n) is 3.06. The fourth-order valence-corrected chi connectivity index (χ4v) is 0.789.